The third-order valence-electron chi connectivity index (χ3n) is 3.60. The molecule has 20 heavy (non-hydrogen) atoms. The lowest BCUT2D eigenvalue weighted by Crippen LogP contribution is -2.38. The summed E-state index contributed by atoms with van der Waals surface area (Å²) in [6, 6.07) is 6.97. The van der Waals surface area contributed by atoms with Crippen molar-refractivity contribution in [2.45, 2.75) is 19.4 Å². The number of amidine groups is 1. The Balaban J connectivity index is 2.20. The zero-order valence-electron chi connectivity index (χ0n) is 11.6. The van der Waals surface area contributed by atoms with Crippen LogP contribution in [0.25, 0.3) is 0 Å². The monoisotopic (exact) mass is 277 g/mol. The van der Waals surface area contributed by atoms with E-state index in [1.165, 1.54) is 0 Å². The fraction of sp³-hybridized carbons (Fsp3) is 0.429. The summed E-state index contributed by atoms with van der Waals surface area (Å²) in [6.45, 7) is 2.63. The van der Waals surface area contributed by atoms with E-state index in [4.69, 9.17) is 15.7 Å². The minimum atomic E-state index is -0.396. The molecule has 1 aromatic carbocycles. The molecule has 1 saturated heterocycles. The van der Waals surface area contributed by atoms with E-state index in [-0.39, 0.29) is 17.7 Å². The second kappa shape index (κ2) is 5.92. The molecule has 0 bridgehead atoms. The van der Waals surface area contributed by atoms with Crippen LogP contribution in [0, 0.1) is 5.92 Å². The Labute approximate surface area is 117 Å². The first-order valence-corrected chi connectivity index (χ1v) is 6.51. The molecule has 0 spiro atoms. The molecule has 6 heteroatoms. The largest absolute Gasteiger partial charge is 0.409 e. The summed E-state index contributed by atoms with van der Waals surface area (Å²) >= 11 is 0. The molecule has 1 heterocycles. The molecule has 1 amide bonds. The number of benzene rings is 1. The summed E-state index contributed by atoms with van der Waals surface area (Å²) in [6.07, 6.45) is 0.501. The fourth-order valence-corrected chi connectivity index (χ4v) is 2.26. The molecule has 6 nitrogen and oxygen atoms in total. The number of hydrogen-bond donors (Lipinski definition) is 2. The highest BCUT2D eigenvalue weighted by molar-refractivity contribution is 6.00. The highest BCUT2D eigenvalue weighted by Gasteiger charge is 2.33. The van der Waals surface area contributed by atoms with Crippen molar-refractivity contribution in [1.82, 2.24) is 0 Å². The van der Waals surface area contributed by atoms with Crippen LogP contribution in [0.2, 0.25) is 0 Å². The Morgan fingerprint density at radius 3 is 2.90 bits per heavy atom. The second-order valence-electron chi connectivity index (χ2n) is 4.99. The van der Waals surface area contributed by atoms with E-state index < -0.39 is 6.10 Å². The predicted octanol–water partition coefficient (Wildman–Crippen LogP) is 1.17. The second-order valence-corrected chi connectivity index (χ2v) is 4.99. The zero-order valence-corrected chi connectivity index (χ0v) is 11.6. The fourth-order valence-electron chi connectivity index (χ4n) is 2.26. The van der Waals surface area contributed by atoms with Crippen LogP contribution in [0.3, 0.4) is 0 Å². The number of anilines is 1. The van der Waals surface area contributed by atoms with Gasteiger partial charge in [0.15, 0.2) is 5.84 Å². The summed E-state index contributed by atoms with van der Waals surface area (Å²) in [7, 11) is 1.70. The van der Waals surface area contributed by atoms with Crippen LogP contribution in [0.5, 0.6) is 0 Å². The van der Waals surface area contributed by atoms with Gasteiger partial charge in [-0.3, -0.25) is 4.79 Å². The van der Waals surface area contributed by atoms with Gasteiger partial charge < -0.3 is 20.6 Å². The van der Waals surface area contributed by atoms with E-state index in [1.54, 1.807) is 36.2 Å². The van der Waals surface area contributed by atoms with Gasteiger partial charge in [-0.2, -0.15) is 0 Å². The lowest BCUT2D eigenvalue weighted by molar-refractivity contribution is -0.128. The number of carbonyl (C=O) groups is 1. The molecule has 2 atom stereocenters. The lowest BCUT2D eigenvalue weighted by Gasteiger charge is -2.23. The van der Waals surface area contributed by atoms with Crippen molar-refractivity contribution in [2.75, 3.05) is 18.6 Å². The number of nitrogens with zero attached hydrogens (tertiary/aromatic N) is 2. The van der Waals surface area contributed by atoms with Gasteiger partial charge in [0.2, 0.25) is 0 Å². The molecule has 3 N–H and O–H groups in total. The van der Waals surface area contributed by atoms with E-state index >= 15 is 0 Å². The van der Waals surface area contributed by atoms with Gasteiger partial charge in [-0.05, 0) is 24.5 Å². The molecular weight excluding hydrogens is 258 g/mol. The maximum atomic E-state index is 12.4. The normalized spacial score (nSPS) is 22.8. The van der Waals surface area contributed by atoms with Gasteiger partial charge in [0, 0.05) is 24.9 Å². The first kappa shape index (κ1) is 14.3. The molecule has 0 aliphatic carbocycles. The Kier molecular flexibility index (Phi) is 4.24. The van der Waals surface area contributed by atoms with E-state index in [2.05, 4.69) is 5.16 Å². The third kappa shape index (κ3) is 2.75. The zero-order chi connectivity index (χ0) is 14.7. The SMILES string of the molecule is CC1CCOC1C(=O)N(C)c1cccc(/C(N)=N/O)c1. The standard InChI is InChI=1S/C14H19N3O3/c1-9-6-7-20-12(9)14(18)17(2)11-5-3-4-10(8-11)13(15)16-19/h3-5,8-9,12,19H,6-7H2,1-2H3,(H2,15,16). The first-order valence-electron chi connectivity index (χ1n) is 6.51. The van der Waals surface area contributed by atoms with Crippen molar-refractivity contribution < 1.29 is 14.7 Å². The van der Waals surface area contributed by atoms with Gasteiger partial charge in [0.25, 0.3) is 5.91 Å². The van der Waals surface area contributed by atoms with Crippen molar-refractivity contribution in [3.05, 3.63) is 29.8 Å². The van der Waals surface area contributed by atoms with Crippen molar-refractivity contribution in [3.63, 3.8) is 0 Å². The summed E-state index contributed by atoms with van der Waals surface area (Å²) < 4.78 is 5.49. The molecule has 1 aliphatic heterocycles. The molecule has 1 aliphatic rings. The lowest BCUT2D eigenvalue weighted by atomic mass is 10.0. The minimum Gasteiger partial charge on any atom is -0.409 e. The van der Waals surface area contributed by atoms with Crippen LogP contribution in [-0.4, -0.2) is 36.7 Å². The molecule has 108 valence electrons. The van der Waals surface area contributed by atoms with Crippen LogP contribution >= 0.6 is 0 Å². The summed E-state index contributed by atoms with van der Waals surface area (Å²) in [5.41, 5.74) is 6.80. The van der Waals surface area contributed by atoms with Gasteiger partial charge in [0.1, 0.15) is 6.10 Å². The first-order chi connectivity index (χ1) is 9.54. The average Bonchev–Trinajstić information content (AvgIpc) is 2.91. The molecule has 1 aromatic rings. The highest BCUT2D eigenvalue weighted by atomic mass is 16.5. The third-order valence-corrected chi connectivity index (χ3v) is 3.60. The number of hydrogen-bond acceptors (Lipinski definition) is 4. The minimum absolute atomic E-state index is 0.0122. The number of likely N-dealkylation sites (N-methyl/N-ethyl adjacent to an activating group) is 1. The number of ether oxygens (including phenoxy) is 1. The number of carbonyl (C=O) groups excluding carboxylic acids is 1. The quantitative estimate of drug-likeness (QED) is 0.376. The van der Waals surface area contributed by atoms with Crippen molar-refractivity contribution in [3.8, 4) is 0 Å². The highest BCUT2D eigenvalue weighted by Crippen LogP contribution is 2.24. The van der Waals surface area contributed by atoms with Crippen LogP contribution in [-0.2, 0) is 9.53 Å². The summed E-state index contributed by atoms with van der Waals surface area (Å²) in [4.78, 5) is 13.9. The average molecular weight is 277 g/mol. The van der Waals surface area contributed by atoms with Gasteiger partial charge in [-0.15, -0.1) is 0 Å². The number of rotatable bonds is 3. The Morgan fingerprint density at radius 1 is 1.55 bits per heavy atom. The molecule has 0 radical (unpaired) electrons. The van der Waals surface area contributed by atoms with Crippen molar-refractivity contribution in [2.24, 2.45) is 16.8 Å². The van der Waals surface area contributed by atoms with Gasteiger partial charge in [-0.1, -0.05) is 24.2 Å². The molecule has 0 aromatic heterocycles. The number of nitrogens with two attached hydrogens (primary N) is 1. The van der Waals surface area contributed by atoms with Crippen LogP contribution in [0.4, 0.5) is 5.69 Å². The van der Waals surface area contributed by atoms with E-state index in [1.807, 2.05) is 6.92 Å². The molecular formula is C14H19N3O3. The van der Waals surface area contributed by atoms with Crippen molar-refractivity contribution >= 4 is 17.4 Å². The van der Waals surface area contributed by atoms with Crippen molar-refractivity contribution in [1.29, 1.82) is 0 Å². The topological polar surface area (TPSA) is 88.2 Å². The molecule has 2 unspecified atom stereocenters. The van der Waals surface area contributed by atoms with Crippen LogP contribution in [0.15, 0.2) is 29.4 Å². The van der Waals surface area contributed by atoms with E-state index in [0.29, 0.717) is 17.9 Å². The molecule has 0 saturated carbocycles. The Hall–Kier alpha value is -2.08. The number of oxime groups is 1. The molecule has 1 fully saturated rings. The Bertz CT molecular complexity index is 530. The summed E-state index contributed by atoms with van der Waals surface area (Å²) in [5, 5.41) is 11.7. The van der Waals surface area contributed by atoms with E-state index in [0.717, 1.165) is 6.42 Å². The number of amides is 1. The van der Waals surface area contributed by atoms with E-state index in [9.17, 15) is 4.79 Å². The maximum Gasteiger partial charge on any atom is 0.256 e. The van der Waals surface area contributed by atoms with Crippen LogP contribution < -0.4 is 10.6 Å². The Morgan fingerprint density at radius 2 is 2.30 bits per heavy atom. The van der Waals surface area contributed by atoms with Gasteiger partial charge >= 0.3 is 0 Å². The van der Waals surface area contributed by atoms with Gasteiger partial charge in [0.05, 0.1) is 0 Å². The molecule has 2 rings (SSSR count). The predicted molar refractivity (Wildman–Crippen MR) is 75.9 cm³/mol. The van der Waals surface area contributed by atoms with Crippen LogP contribution in [0.1, 0.15) is 18.9 Å². The summed E-state index contributed by atoms with van der Waals surface area (Å²) in [5.74, 6) is 0.155. The van der Waals surface area contributed by atoms with Gasteiger partial charge in [-0.25, -0.2) is 0 Å². The smallest absolute Gasteiger partial charge is 0.256 e. The maximum absolute atomic E-state index is 12.4.